The van der Waals surface area contributed by atoms with Crippen molar-refractivity contribution in [2.24, 2.45) is 0 Å². The number of amides is 1. The maximum absolute atomic E-state index is 13.4. The lowest BCUT2D eigenvalue weighted by atomic mass is 10.1. The molecule has 3 N–H and O–H groups in total. The van der Waals surface area contributed by atoms with Gasteiger partial charge in [0.2, 0.25) is 5.75 Å². The lowest BCUT2D eigenvalue weighted by molar-refractivity contribution is -0.604. The predicted octanol–water partition coefficient (Wildman–Crippen LogP) is 2.00. The van der Waals surface area contributed by atoms with Gasteiger partial charge in [-0.3, -0.25) is 9.59 Å². The second-order valence-electron chi connectivity index (χ2n) is 4.81. The third-order valence-corrected chi connectivity index (χ3v) is 4.80. The van der Waals surface area contributed by atoms with Crippen LogP contribution in [0.1, 0.15) is 10.5 Å². The zero-order valence-corrected chi connectivity index (χ0v) is 13.2. The minimum atomic E-state index is -1.31. The van der Waals surface area contributed by atoms with Crippen LogP contribution < -0.4 is 10.0 Å². The Morgan fingerprint density at radius 2 is 2.12 bits per heavy atom. The van der Waals surface area contributed by atoms with Gasteiger partial charge < -0.3 is 20.7 Å². The predicted molar refractivity (Wildman–Crippen MR) is 84.9 cm³/mol. The van der Waals surface area contributed by atoms with Crippen molar-refractivity contribution in [3.63, 3.8) is 0 Å². The maximum atomic E-state index is 13.4. The fourth-order valence-electron chi connectivity index (χ4n) is 2.28. The molecule has 7 nitrogen and oxygen atoms in total. The van der Waals surface area contributed by atoms with Crippen LogP contribution in [0.5, 0.6) is 5.75 Å². The Morgan fingerprint density at radius 1 is 1.42 bits per heavy atom. The van der Waals surface area contributed by atoms with E-state index in [1.54, 1.807) is 0 Å². The zero-order valence-electron chi connectivity index (χ0n) is 11.7. The Morgan fingerprint density at radius 3 is 2.79 bits per heavy atom. The lowest BCUT2D eigenvalue weighted by Crippen LogP contribution is -2.42. The quantitative estimate of drug-likeness (QED) is 0.371. The molecule has 10 heteroatoms. The van der Waals surface area contributed by atoms with Gasteiger partial charge in [0.05, 0.1) is 10.1 Å². The van der Waals surface area contributed by atoms with E-state index >= 15 is 0 Å². The van der Waals surface area contributed by atoms with Gasteiger partial charge in [0, 0.05) is 10.1 Å². The smallest absolute Gasteiger partial charge is 0.326 e. The van der Waals surface area contributed by atoms with E-state index in [2.05, 4.69) is 0 Å². The highest BCUT2D eigenvalue weighted by Gasteiger charge is 2.31. The monoisotopic (exact) mass is 370 g/mol. The van der Waals surface area contributed by atoms with Gasteiger partial charge in [-0.05, 0) is 29.8 Å². The van der Waals surface area contributed by atoms with Crippen LogP contribution in [-0.4, -0.2) is 28.6 Å². The number of thiophene rings is 1. The third kappa shape index (κ3) is 2.47. The number of nitrogens with zero attached hydrogens (tertiary/aromatic N) is 1. The minimum absolute atomic E-state index is 0.0198. The first-order valence-corrected chi connectivity index (χ1v) is 7.66. The molecule has 0 atom stereocenters. The molecule has 2 heterocycles. The van der Waals surface area contributed by atoms with Crippen molar-refractivity contribution >= 4 is 55.0 Å². The Hall–Kier alpha value is -2.65. The van der Waals surface area contributed by atoms with Gasteiger partial charge >= 0.3 is 17.6 Å². The zero-order chi connectivity index (χ0) is 17.6. The van der Waals surface area contributed by atoms with Crippen molar-refractivity contribution in [1.82, 2.24) is 5.32 Å². The highest BCUT2D eigenvalue weighted by atomic mass is 35.5. The fraction of sp³-hybridized carbons (Fsp3) is 0.0714. The second kappa shape index (κ2) is 5.77. The number of carbonyl (C=O) groups excluding carboxylic acids is 1. The Bertz CT molecular complexity index is 1020. The number of aromatic hydroxyl groups is 1. The normalized spacial score (nSPS) is 11.1. The van der Waals surface area contributed by atoms with Gasteiger partial charge in [-0.25, -0.2) is 4.39 Å². The van der Waals surface area contributed by atoms with Crippen molar-refractivity contribution in [3.8, 4) is 5.75 Å². The summed E-state index contributed by atoms with van der Waals surface area (Å²) in [6, 6.07) is 3.82. The number of fused-ring (bicyclic) bond motifs is 3. The summed E-state index contributed by atoms with van der Waals surface area (Å²) in [4.78, 5) is 22.5. The first-order valence-electron chi connectivity index (χ1n) is 6.47. The molecule has 0 bridgehead atoms. The summed E-state index contributed by atoms with van der Waals surface area (Å²) in [5.41, 5.74) is -0.722. The third-order valence-electron chi connectivity index (χ3n) is 3.29. The van der Waals surface area contributed by atoms with Crippen molar-refractivity contribution < 1.29 is 28.9 Å². The number of carboxylic acids is 1. The molecule has 3 rings (SSSR count). The number of pyridine rings is 1. The first-order chi connectivity index (χ1) is 11.3. The molecule has 0 aliphatic rings. The number of benzene rings is 1. The van der Waals surface area contributed by atoms with Crippen LogP contribution in [0.2, 0.25) is 5.15 Å². The van der Waals surface area contributed by atoms with Crippen LogP contribution >= 0.6 is 22.9 Å². The average Bonchev–Trinajstić information content (AvgIpc) is 2.89. The summed E-state index contributed by atoms with van der Waals surface area (Å²) in [5, 5.41) is 33.4. The summed E-state index contributed by atoms with van der Waals surface area (Å²) in [6.07, 6.45) is 0. The molecule has 124 valence electrons. The van der Waals surface area contributed by atoms with E-state index in [0.29, 0.717) is 10.1 Å². The Labute approximate surface area is 142 Å². The maximum Gasteiger partial charge on any atom is 0.326 e. The molecular formula is C14H8ClFN2O5S. The number of halogens is 2. The molecule has 0 spiro atoms. The number of carbonyl (C=O) groups is 2. The Balaban J connectivity index is 2.27. The largest absolute Gasteiger partial charge is 0.617 e. The van der Waals surface area contributed by atoms with Gasteiger partial charge in [-0.15, -0.1) is 16.1 Å². The molecule has 0 saturated heterocycles. The van der Waals surface area contributed by atoms with Crippen LogP contribution in [0.25, 0.3) is 20.2 Å². The first kappa shape index (κ1) is 16.2. The van der Waals surface area contributed by atoms with Crippen molar-refractivity contribution in [2.75, 3.05) is 6.54 Å². The molecule has 1 amide bonds. The molecule has 0 radical (unpaired) electrons. The van der Waals surface area contributed by atoms with Gasteiger partial charge in [0.1, 0.15) is 12.4 Å². The number of hydrogen-bond donors (Lipinski definition) is 3. The van der Waals surface area contributed by atoms with E-state index in [9.17, 15) is 24.3 Å². The second-order valence-corrected chi connectivity index (χ2v) is 6.22. The van der Waals surface area contributed by atoms with Crippen LogP contribution in [0.3, 0.4) is 0 Å². The molecule has 3 aromatic rings. The van der Waals surface area contributed by atoms with Crippen molar-refractivity contribution in [3.05, 3.63) is 40.1 Å². The molecule has 24 heavy (non-hydrogen) atoms. The number of aliphatic carboxylic acids is 1. The molecule has 0 saturated carbocycles. The highest BCUT2D eigenvalue weighted by molar-refractivity contribution is 7.26. The van der Waals surface area contributed by atoms with E-state index in [4.69, 9.17) is 16.7 Å². The molecule has 0 aliphatic carbocycles. The van der Waals surface area contributed by atoms with Gasteiger partial charge in [0.25, 0.3) is 5.15 Å². The average molecular weight is 371 g/mol. The van der Waals surface area contributed by atoms with Crippen LogP contribution in [0, 0.1) is 11.0 Å². The summed E-state index contributed by atoms with van der Waals surface area (Å²) in [7, 11) is 0. The Kier molecular flexibility index (Phi) is 3.90. The van der Waals surface area contributed by atoms with Crippen molar-refractivity contribution in [2.45, 2.75) is 0 Å². The minimum Gasteiger partial charge on any atom is -0.617 e. The molecule has 2 aromatic heterocycles. The topological polar surface area (TPSA) is 114 Å². The fourth-order valence-corrected chi connectivity index (χ4v) is 3.80. The van der Waals surface area contributed by atoms with Gasteiger partial charge in [-0.2, -0.15) is 0 Å². The van der Waals surface area contributed by atoms with Crippen molar-refractivity contribution in [1.29, 1.82) is 0 Å². The molecule has 0 fully saturated rings. The molecule has 0 aliphatic heterocycles. The molecular weight excluding hydrogens is 363 g/mol. The summed E-state index contributed by atoms with van der Waals surface area (Å²) in [5.74, 6) is -3.55. The number of rotatable bonds is 3. The number of carboxylic acid groups (broad SMARTS) is 1. The lowest BCUT2D eigenvalue weighted by Gasteiger charge is -2.09. The SMILES string of the molecule is O=C(O)CNC(=O)c1c(O)c2sc3cc(F)ccc3c2c(Cl)[n+]1[O-]. The standard InChI is InChI=1S/C14H8ClFN2O5S/c15-13-9-6-2-1-5(16)3-7(6)24-12(9)11(21)10(18(13)23)14(22)17-4-8(19)20/h1-3,21H,4H2,(H,17,22)(H,19,20). The number of nitrogens with one attached hydrogen (secondary N) is 1. The number of aromatic nitrogens is 1. The summed E-state index contributed by atoms with van der Waals surface area (Å²) < 4.78 is 13.9. The van der Waals surface area contributed by atoms with E-state index in [1.165, 1.54) is 18.2 Å². The van der Waals surface area contributed by atoms with Gasteiger partial charge in [0.15, 0.2) is 0 Å². The van der Waals surface area contributed by atoms with Crippen LogP contribution in [0.4, 0.5) is 4.39 Å². The van der Waals surface area contributed by atoms with E-state index < -0.39 is 35.7 Å². The highest BCUT2D eigenvalue weighted by Crippen LogP contribution is 2.42. The van der Waals surface area contributed by atoms with E-state index in [0.717, 1.165) is 11.3 Å². The van der Waals surface area contributed by atoms with Crippen LogP contribution in [0.15, 0.2) is 18.2 Å². The number of hydrogen-bond acceptors (Lipinski definition) is 5. The van der Waals surface area contributed by atoms with Crippen LogP contribution in [-0.2, 0) is 4.79 Å². The van der Waals surface area contributed by atoms with E-state index in [-0.39, 0.29) is 20.0 Å². The summed E-state index contributed by atoms with van der Waals surface area (Å²) >= 11 is 6.98. The molecule has 0 unspecified atom stereocenters. The van der Waals surface area contributed by atoms with Gasteiger partial charge in [-0.1, -0.05) is 0 Å². The summed E-state index contributed by atoms with van der Waals surface area (Å²) in [6.45, 7) is -0.731. The van der Waals surface area contributed by atoms with E-state index in [1.807, 2.05) is 5.32 Å². The molecule has 1 aromatic carbocycles.